The third kappa shape index (κ3) is 3.26. The maximum atomic E-state index is 11.9. The minimum atomic E-state index is -0.788. The number of aromatic nitrogens is 2. The Balaban J connectivity index is 0.00000200. The monoisotopic (exact) mass is 313 g/mol. The fraction of sp³-hybridized carbons (Fsp3) is 0. The summed E-state index contributed by atoms with van der Waals surface area (Å²) in [5.74, 6) is 0. The maximum absolute atomic E-state index is 11.9. The summed E-state index contributed by atoms with van der Waals surface area (Å²) in [5, 5.41) is 19.9. The summed E-state index contributed by atoms with van der Waals surface area (Å²) in [6, 6.07) is 7.27. The zero-order valence-corrected chi connectivity index (χ0v) is 13.9. The number of pyridine rings is 2. The van der Waals surface area contributed by atoms with Crippen LogP contribution in [0.4, 0.5) is 0 Å². The Labute approximate surface area is 146 Å². The molecule has 0 fully saturated rings. The Hall–Kier alpha value is -1.23. The second kappa shape index (κ2) is 6.97. The molecule has 0 N–H and O–H groups in total. The fourth-order valence-electron chi connectivity index (χ4n) is 1.59. The Morgan fingerprint density at radius 2 is 2.10 bits per heavy atom. The van der Waals surface area contributed by atoms with Gasteiger partial charge in [-0.25, -0.2) is 4.98 Å². The minimum Gasteiger partial charge on any atom is -0.863 e. The number of halogens is 1. The molecule has 94 valence electrons. The van der Waals surface area contributed by atoms with Crippen LogP contribution >= 0.6 is 23.8 Å². The van der Waals surface area contributed by atoms with E-state index < -0.39 is 10.6 Å². The van der Waals surface area contributed by atoms with Crippen molar-refractivity contribution in [2.45, 2.75) is 0 Å². The van der Waals surface area contributed by atoms with Crippen molar-refractivity contribution < 1.29 is 34.7 Å². The predicted molar refractivity (Wildman–Crippen MR) is 71.3 cm³/mol. The molecule has 0 saturated heterocycles. The average molecular weight is 314 g/mol. The summed E-state index contributed by atoms with van der Waals surface area (Å²) in [6.07, 6.45) is 1.33. The number of hydrogen-bond acceptors (Lipinski definition) is 5. The van der Waals surface area contributed by atoms with E-state index in [1.54, 1.807) is 0 Å². The van der Waals surface area contributed by atoms with E-state index in [1.807, 2.05) is 6.07 Å². The van der Waals surface area contributed by atoms with E-state index in [1.165, 1.54) is 30.5 Å². The van der Waals surface area contributed by atoms with Crippen LogP contribution in [-0.2, 0) is 0 Å². The van der Waals surface area contributed by atoms with Gasteiger partial charge in [-0.05, 0) is 23.2 Å². The summed E-state index contributed by atoms with van der Waals surface area (Å²) >= 11 is 10.2. The third-order valence-corrected chi connectivity index (χ3v) is 2.79. The van der Waals surface area contributed by atoms with Crippen molar-refractivity contribution in [3.63, 3.8) is 0 Å². The minimum absolute atomic E-state index is 0. The van der Waals surface area contributed by atoms with Crippen LogP contribution in [0.1, 0.15) is 11.3 Å². The molecule has 20 heavy (non-hydrogen) atoms. The van der Waals surface area contributed by atoms with Crippen LogP contribution in [0.3, 0.4) is 0 Å². The Kier molecular flexibility index (Phi) is 5.87. The van der Waals surface area contributed by atoms with E-state index in [0.717, 1.165) is 4.57 Å². The normalized spacial score (nSPS) is 9.40. The van der Waals surface area contributed by atoms with Crippen molar-refractivity contribution in [3.05, 3.63) is 57.2 Å². The number of hydrogen-bond donors (Lipinski definition) is 0. The molecule has 0 unspecified atom stereocenters. The molecule has 0 saturated carbocycles. The van der Waals surface area contributed by atoms with Gasteiger partial charge in [0.2, 0.25) is 0 Å². The molecule has 8 heteroatoms. The molecule has 0 amide bonds. The molecule has 0 bridgehead atoms. The van der Waals surface area contributed by atoms with Crippen LogP contribution in [0.5, 0.6) is 0 Å². The van der Waals surface area contributed by atoms with E-state index in [9.17, 15) is 9.90 Å². The molecular formula is C12H5ClN3NaO2S. The van der Waals surface area contributed by atoms with Crippen molar-refractivity contribution in [2.75, 3.05) is 0 Å². The number of nitrogens with zero attached hydrogens (tertiary/aromatic N) is 3. The molecule has 0 aliphatic carbocycles. The largest absolute Gasteiger partial charge is 1.00 e. The average Bonchev–Trinajstić information content (AvgIpc) is 2.39. The number of thiocarbonyl (C=S) groups is 1. The molecule has 0 atom stereocenters. The smallest absolute Gasteiger partial charge is 0.863 e. The summed E-state index contributed by atoms with van der Waals surface area (Å²) < 4.78 is 1.05. The summed E-state index contributed by atoms with van der Waals surface area (Å²) in [6.45, 7) is 0. The van der Waals surface area contributed by atoms with Gasteiger partial charge in [0.15, 0.2) is 0 Å². The Morgan fingerprint density at radius 1 is 1.40 bits per heavy atom. The quantitative estimate of drug-likeness (QED) is 0.357. The summed E-state index contributed by atoms with van der Waals surface area (Å²) in [4.78, 5) is 15.7. The van der Waals surface area contributed by atoms with Gasteiger partial charge in [-0.1, -0.05) is 23.8 Å². The van der Waals surface area contributed by atoms with E-state index >= 15 is 0 Å². The Bertz CT molecular complexity index is 753. The predicted octanol–water partition coefficient (Wildman–Crippen LogP) is -2.20. The molecular weight excluding hydrogens is 309 g/mol. The first-order valence-electron chi connectivity index (χ1n) is 5.04. The van der Waals surface area contributed by atoms with Gasteiger partial charge < -0.3 is 5.11 Å². The first-order chi connectivity index (χ1) is 9.04. The molecule has 2 heterocycles. The van der Waals surface area contributed by atoms with Crippen LogP contribution in [0.2, 0.25) is 5.15 Å². The van der Waals surface area contributed by atoms with Crippen molar-refractivity contribution in [1.29, 1.82) is 5.26 Å². The molecule has 2 aromatic rings. The number of nitriles is 1. The van der Waals surface area contributed by atoms with Gasteiger partial charge in [-0.2, -0.15) is 5.26 Å². The van der Waals surface area contributed by atoms with Crippen molar-refractivity contribution in [1.82, 2.24) is 9.55 Å². The van der Waals surface area contributed by atoms with Gasteiger partial charge in [0.25, 0.3) is 5.56 Å². The second-order valence-electron chi connectivity index (χ2n) is 3.51. The topological polar surface area (TPSA) is 81.7 Å². The van der Waals surface area contributed by atoms with Crippen LogP contribution in [-0.4, -0.2) is 14.6 Å². The van der Waals surface area contributed by atoms with E-state index in [2.05, 4.69) is 17.2 Å². The summed E-state index contributed by atoms with van der Waals surface area (Å²) in [7, 11) is 0. The molecule has 0 spiro atoms. The SMILES string of the molecule is N#Cc1ccc(=O)n(-c2ccc(Cl)nc2)c1C([O-])=S.[Na+]. The second-order valence-corrected chi connectivity index (χ2v) is 4.27. The van der Waals surface area contributed by atoms with Crippen LogP contribution in [0, 0.1) is 11.3 Å². The van der Waals surface area contributed by atoms with Crippen molar-refractivity contribution in [2.24, 2.45) is 0 Å². The molecule has 2 rings (SSSR count). The zero-order valence-electron chi connectivity index (χ0n) is 10.3. The van der Waals surface area contributed by atoms with Crippen LogP contribution in [0.25, 0.3) is 5.69 Å². The standard InChI is InChI=1S/C12H6ClN3O2S.Na/c13-9-3-2-8(6-15-9)16-10(17)4-1-7(5-14)11(16)12(18)19;/h1-4,6H,(H,18,19);/q;+1/p-1. The van der Waals surface area contributed by atoms with E-state index in [-0.39, 0.29) is 46.0 Å². The molecule has 0 aliphatic rings. The van der Waals surface area contributed by atoms with Gasteiger partial charge >= 0.3 is 29.6 Å². The third-order valence-electron chi connectivity index (χ3n) is 2.38. The van der Waals surface area contributed by atoms with Gasteiger partial charge in [0, 0.05) is 6.07 Å². The fourth-order valence-corrected chi connectivity index (χ4v) is 1.90. The molecule has 0 aromatic carbocycles. The molecule has 5 nitrogen and oxygen atoms in total. The van der Waals surface area contributed by atoms with Crippen LogP contribution in [0.15, 0.2) is 35.3 Å². The zero-order chi connectivity index (χ0) is 14.0. The first kappa shape index (κ1) is 16.8. The van der Waals surface area contributed by atoms with E-state index in [4.69, 9.17) is 16.9 Å². The van der Waals surface area contributed by atoms with Gasteiger partial charge in [0.1, 0.15) is 11.2 Å². The van der Waals surface area contributed by atoms with Crippen molar-refractivity contribution in [3.8, 4) is 11.8 Å². The summed E-state index contributed by atoms with van der Waals surface area (Å²) in [5.41, 5.74) is -0.264. The van der Waals surface area contributed by atoms with Gasteiger partial charge in [0.05, 0.1) is 23.1 Å². The maximum Gasteiger partial charge on any atom is 1.00 e. The molecule has 0 radical (unpaired) electrons. The van der Waals surface area contributed by atoms with Crippen molar-refractivity contribution >= 4 is 28.9 Å². The van der Waals surface area contributed by atoms with Gasteiger partial charge in [-0.15, -0.1) is 0 Å². The number of rotatable bonds is 2. The van der Waals surface area contributed by atoms with Crippen LogP contribution < -0.4 is 40.2 Å². The Morgan fingerprint density at radius 3 is 2.60 bits per heavy atom. The molecule has 2 aromatic heterocycles. The van der Waals surface area contributed by atoms with Gasteiger partial charge in [-0.3, -0.25) is 9.36 Å². The molecule has 0 aliphatic heterocycles. The first-order valence-corrected chi connectivity index (χ1v) is 5.82. The van der Waals surface area contributed by atoms with E-state index in [0.29, 0.717) is 5.69 Å².